The number of benzene rings is 1. The highest BCUT2D eigenvalue weighted by Gasteiger charge is 2.03. The molecule has 2 aromatic rings. The molecule has 0 bridgehead atoms. The molecule has 0 radical (unpaired) electrons. The first-order valence-electron chi connectivity index (χ1n) is 6.41. The molecule has 0 spiro atoms. The zero-order chi connectivity index (χ0) is 13.0. The van der Waals surface area contributed by atoms with Gasteiger partial charge in [0.25, 0.3) is 0 Å². The van der Waals surface area contributed by atoms with E-state index in [9.17, 15) is 0 Å². The first-order valence-corrected chi connectivity index (χ1v) is 6.41. The summed E-state index contributed by atoms with van der Waals surface area (Å²) in [5.74, 6) is 1.64. The largest absolute Gasteiger partial charge is 0.399 e. The molecule has 0 aliphatic heterocycles. The highest BCUT2D eigenvalue weighted by Crippen LogP contribution is 2.21. The van der Waals surface area contributed by atoms with Crippen LogP contribution in [0, 0.1) is 5.92 Å². The van der Waals surface area contributed by atoms with Crippen molar-refractivity contribution >= 4 is 22.4 Å². The van der Waals surface area contributed by atoms with E-state index in [1.165, 1.54) is 6.42 Å². The van der Waals surface area contributed by atoms with E-state index in [-0.39, 0.29) is 0 Å². The van der Waals surface area contributed by atoms with Crippen LogP contribution in [0.5, 0.6) is 0 Å². The van der Waals surface area contributed by atoms with Crippen LogP contribution < -0.4 is 11.1 Å². The Morgan fingerprint density at radius 3 is 2.89 bits per heavy atom. The average molecular weight is 244 g/mol. The first kappa shape index (κ1) is 12.6. The lowest BCUT2D eigenvalue weighted by atomic mass is 10.1. The van der Waals surface area contributed by atoms with E-state index in [4.69, 9.17) is 5.73 Å². The van der Waals surface area contributed by atoms with Gasteiger partial charge in [0.1, 0.15) is 12.1 Å². The SMILES string of the molecule is CC(C)CCCNc1ncnc2cc(N)ccc12. The van der Waals surface area contributed by atoms with Crippen molar-refractivity contribution in [3.63, 3.8) is 0 Å². The van der Waals surface area contributed by atoms with Crippen molar-refractivity contribution in [2.75, 3.05) is 17.6 Å². The van der Waals surface area contributed by atoms with Crippen LogP contribution in [-0.2, 0) is 0 Å². The minimum absolute atomic E-state index is 0.729. The number of aromatic nitrogens is 2. The van der Waals surface area contributed by atoms with E-state index in [2.05, 4.69) is 29.1 Å². The van der Waals surface area contributed by atoms with E-state index < -0.39 is 0 Å². The zero-order valence-corrected chi connectivity index (χ0v) is 11.0. The molecule has 0 saturated carbocycles. The summed E-state index contributed by atoms with van der Waals surface area (Å²) in [4.78, 5) is 8.52. The van der Waals surface area contributed by atoms with Crippen molar-refractivity contribution in [3.05, 3.63) is 24.5 Å². The number of nitrogen functional groups attached to an aromatic ring is 1. The summed E-state index contributed by atoms with van der Waals surface area (Å²) in [5.41, 5.74) is 7.36. The minimum atomic E-state index is 0.729. The second kappa shape index (κ2) is 5.67. The molecule has 96 valence electrons. The second-order valence-electron chi connectivity index (χ2n) is 4.96. The third-order valence-electron chi connectivity index (χ3n) is 2.91. The van der Waals surface area contributed by atoms with Gasteiger partial charge in [-0.25, -0.2) is 9.97 Å². The maximum atomic E-state index is 5.75. The summed E-state index contributed by atoms with van der Waals surface area (Å²) in [6.45, 7) is 5.42. The molecule has 0 aliphatic carbocycles. The smallest absolute Gasteiger partial charge is 0.137 e. The standard InChI is InChI=1S/C14H20N4/c1-10(2)4-3-7-16-14-12-6-5-11(15)8-13(12)17-9-18-14/h5-6,8-10H,3-4,7,15H2,1-2H3,(H,16,17,18). The number of fused-ring (bicyclic) bond motifs is 1. The van der Waals surface area contributed by atoms with E-state index in [0.29, 0.717) is 0 Å². The van der Waals surface area contributed by atoms with Crippen LogP contribution in [0.4, 0.5) is 11.5 Å². The number of anilines is 2. The monoisotopic (exact) mass is 244 g/mol. The molecular formula is C14H20N4. The lowest BCUT2D eigenvalue weighted by Crippen LogP contribution is -2.05. The summed E-state index contributed by atoms with van der Waals surface area (Å²) in [6, 6.07) is 5.72. The average Bonchev–Trinajstić information content (AvgIpc) is 2.34. The molecule has 0 unspecified atom stereocenters. The quantitative estimate of drug-likeness (QED) is 0.626. The Labute approximate surface area is 108 Å². The van der Waals surface area contributed by atoms with Gasteiger partial charge < -0.3 is 11.1 Å². The molecule has 0 fully saturated rings. The summed E-state index contributed by atoms with van der Waals surface area (Å²) >= 11 is 0. The fourth-order valence-corrected chi connectivity index (χ4v) is 1.93. The van der Waals surface area contributed by atoms with Gasteiger partial charge in [0.15, 0.2) is 0 Å². The Morgan fingerprint density at radius 1 is 1.28 bits per heavy atom. The zero-order valence-electron chi connectivity index (χ0n) is 11.0. The van der Waals surface area contributed by atoms with Crippen LogP contribution in [0.25, 0.3) is 10.9 Å². The Morgan fingerprint density at radius 2 is 2.11 bits per heavy atom. The Hall–Kier alpha value is -1.84. The van der Waals surface area contributed by atoms with Gasteiger partial charge >= 0.3 is 0 Å². The number of nitrogens with zero attached hydrogens (tertiary/aromatic N) is 2. The predicted octanol–water partition coefficient (Wildman–Crippen LogP) is 3.06. The van der Waals surface area contributed by atoms with Gasteiger partial charge in [0, 0.05) is 17.6 Å². The summed E-state index contributed by atoms with van der Waals surface area (Å²) < 4.78 is 0. The number of hydrogen-bond donors (Lipinski definition) is 2. The lowest BCUT2D eigenvalue weighted by Gasteiger charge is -2.09. The van der Waals surface area contributed by atoms with Crippen LogP contribution in [0.1, 0.15) is 26.7 Å². The lowest BCUT2D eigenvalue weighted by molar-refractivity contribution is 0.567. The molecule has 4 nitrogen and oxygen atoms in total. The molecule has 18 heavy (non-hydrogen) atoms. The fourth-order valence-electron chi connectivity index (χ4n) is 1.93. The van der Waals surface area contributed by atoms with Crippen molar-refractivity contribution < 1.29 is 0 Å². The maximum Gasteiger partial charge on any atom is 0.137 e. The van der Waals surface area contributed by atoms with Crippen molar-refractivity contribution in [1.29, 1.82) is 0 Å². The summed E-state index contributed by atoms with van der Waals surface area (Å²) in [6.07, 6.45) is 3.95. The number of rotatable bonds is 5. The fraction of sp³-hybridized carbons (Fsp3) is 0.429. The van der Waals surface area contributed by atoms with Gasteiger partial charge in [-0.05, 0) is 37.0 Å². The summed E-state index contributed by atoms with van der Waals surface area (Å²) in [5, 5.41) is 4.39. The molecule has 3 N–H and O–H groups in total. The highest BCUT2D eigenvalue weighted by atomic mass is 15.0. The molecule has 0 aliphatic rings. The Kier molecular flexibility index (Phi) is 3.97. The number of nitrogens with one attached hydrogen (secondary N) is 1. The van der Waals surface area contributed by atoms with Crippen LogP contribution in [-0.4, -0.2) is 16.5 Å². The third kappa shape index (κ3) is 3.09. The van der Waals surface area contributed by atoms with E-state index in [1.807, 2.05) is 18.2 Å². The van der Waals surface area contributed by atoms with Gasteiger partial charge in [0.05, 0.1) is 5.52 Å². The molecule has 2 rings (SSSR count). The van der Waals surface area contributed by atoms with Crippen LogP contribution in [0.2, 0.25) is 0 Å². The molecule has 0 saturated heterocycles. The van der Waals surface area contributed by atoms with E-state index in [1.54, 1.807) is 6.33 Å². The topological polar surface area (TPSA) is 63.8 Å². The van der Waals surface area contributed by atoms with E-state index in [0.717, 1.165) is 41.3 Å². The normalized spacial score (nSPS) is 11.1. The molecule has 1 heterocycles. The molecular weight excluding hydrogens is 224 g/mol. The molecule has 1 aromatic heterocycles. The van der Waals surface area contributed by atoms with Crippen molar-refractivity contribution in [3.8, 4) is 0 Å². The third-order valence-corrected chi connectivity index (χ3v) is 2.91. The van der Waals surface area contributed by atoms with E-state index >= 15 is 0 Å². The van der Waals surface area contributed by atoms with Gasteiger partial charge in [-0.1, -0.05) is 13.8 Å². The van der Waals surface area contributed by atoms with Gasteiger partial charge in [-0.2, -0.15) is 0 Å². The van der Waals surface area contributed by atoms with Crippen LogP contribution in [0.15, 0.2) is 24.5 Å². The van der Waals surface area contributed by atoms with Gasteiger partial charge in [-0.3, -0.25) is 0 Å². The van der Waals surface area contributed by atoms with Gasteiger partial charge in [-0.15, -0.1) is 0 Å². The Bertz CT molecular complexity index is 522. The minimum Gasteiger partial charge on any atom is -0.399 e. The van der Waals surface area contributed by atoms with Crippen LogP contribution in [0.3, 0.4) is 0 Å². The number of nitrogens with two attached hydrogens (primary N) is 1. The van der Waals surface area contributed by atoms with Crippen molar-refractivity contribution in [1.82, 2.24) is 9.97 Å². The molecule has 0 atom stereocenters. The first-order chi connectivity index (χ1) is 8.66. The maximum absolute atomic E-state index is 5.75. The van der Waals surface area contributed by atoms with Crippen molar-refractivity contribution in [2.45, 2.75) is 26.7 Å². The predicted molar refractivity (Wildman–Crippen MR) is 76.5 cm³/mol. The molecule has 1 aromatic carbocycles. The van der Waals surface area contributed by atoms with Gasteiger partial charge in [0.2, 0.25) is 0 Å². The summed E-state index contributed by atoms with van der Waals surface area (Å²) in [7, 11) is 0. The highest BCUT2D eigenvalue weighted by molar-refractivity contribution is 5.90. The van der Waals surface area contributed by atoms with Crippen LogP contribution >= 0.6 is 0 Å². The second-order valence-corrected chi connectivity index (χ2v) is 4.96. The molecule has 4 heteroatoms. The van der Waals surface area contributed by atoms with Crippen molar-refractivity contribution in [2.24, 2.45) is 5.92 Å². The Balaban J connectivity index is 2.08. The molecule has 0 amide bonds. The number of hydrogen-bond acceptors (Lipinski definition) is 4.